The first kappa shape index (κ1) is 10.2. The molecule has 2 fully saturated rings. The van der Waals surface area contributed by atoms with Crippen LogP contribution in [0.15, 0.2) is 0 Å². The van der Waals surface area contributed by atoms with Crippen molar-refractivity contribution >= 4 is 22.6 Å². The molecule has 0 aromatic heterocycles. The zero-order chi connectivity index (χ0) is 9.53. The van der Waals surface area contributed by atoms with Crippen LogP contribution in [0.2, 0.25) is 0 Å². The molecule has 0 radical (unpaired) electrons. The van der Waals surface area contributed by atoms with Gasteiger partial charge < -0.3 is 4.74 Å². The Morgan fingerprint density at radius 3 is 2.54 bits per heavy atom. The van der Waals surface area contributed by atoms with E-state index < -0.39 is 0 Å². The minimum atomic E-state index is 0.253. The summed E-state index contributed by atoms with van der Waals surface area (Å²) in [6.45, 7) is 4.77. The van der Waals surface area contributed by atoms with Gasteiger partial charge in [-0.25, -0.2) is 0 Å². The van der Waals surface area contributed by atoms with Gasteiger partial charge in [0.25, 0.3) is 0 Å². The topological polar surface area (TPSA) is 9.23 Å². The van der Waals surface area contributed by atoms with Crippen molar-refractivity contribution in [2.24, 2.45) is 5.41 Å². The summed E-state index contributed by atoms with van der Waals surface area (Å²) in [5, 5.41) is 0. The van der Waals surface area contributed by atoms with E-state index in [1.165, 1.54) is 32.1 Å². The number of alkyl halides is 1. The molecule has 2 atom stereocenters. The Morgan fingerprint density at radius 2 is 2.08 bits per heavy atom. The van der Waals surface area contributed by atoms with E-state index in [1.807, 2.05) is 0 Å². The molecule has 0 aromatic rings. The number of hydrogen-bond donors (Lipinski definition) is 0. The lowest BCUT2D eigenvalue weighted by atomic mass is 9.76. The summed E-state index contributed by atoms with van der Waals surface area (Å²) in [5.74, 6) is 0. The van der Waals surface area contributed by atoms with E-state index in [2.05, 4.69) is 36.4 Å². The second-order valence-electron chi connectivity index (χ2n) is 5.16. The van der Waals surface area contributed by atoms with Crippen LogP contribution < -0.4 is 0 Å². The third-order valence-electron chi connectivity index (χ3n) is 4.05. The van der Waals surface area contributed by atoms with Crippen LogP contribution in [-0.4, -0.2) is 16.1 Å². The van der Waals surface area contributed by atoms with Crippen molar-refractivity contribution < 1.29 is 4.74 Å². The van der Waals surface area contributed by atoms with Gasteiger partial charge in [0, 0.05) is 4.43 Å². The fourth-order valence-corrected chi connectivity index (χ4v) is 3.62. The van der Waals surface area contributed by atoms with Gasteiger partial charge in [-0.3, -0.25) is 0 Å². The highest BCUT2D eigenvalue weighted by Crippen LogP contribution is 2.54. The number of rotatable bonds is 1. The number of halogens is 1. The monoisotopic (exact) mass is 294 g/mol. The second kappa shape index (κ2) is 3.37. The SMILES string of the molecule is CC1(C)CCCC12CCC(CI)O2. The molecule has 2 heteroatoms. The van der Waals surface area contributed by atoms with Crippen molar-refractivity contribution in [2.75, 3.05) is 4.43 Å². The number of ether oxygens (including phenoxy) is 1. The Labute approximate surface area is 94.8 Å². The molecular weight excluding hydrogens is 275 g/mol. The molecule has 1 saturated heterocycles. The van der Waals surface area contributed by atoms with Crippen LogP contribution in [0.5, 0.6) is 0 Å². The maximum Gasteiger partial charge on any atom is 0.0738 e. The minimum Gasteiger partial charge on any atom is -0.370 e. The fraction of sp³-hybridized carbons (Fsp3) is 1.00. The Hall–Kier alpha value is 0.690. The summed E-state index contributed by atoms with van der Waals surface area (Å²) in [6, 6.07) is 0. The van der Waals surface area contributed by atoms with Gasteiger partial charge in [-0.15, -0.1) is 0 Å². The van der Waals surface area contributed by atoms with Crippen LogP contribution in [0.25, 0.3) is 0 Å². The van der Waals surface area contributed by atoms with Crippen molar-refractivity contribution in [3.8, 4) is 0 Å². The van der Waals surface area contributed by atoms with Gasteiger partial charge >= 0.3 is 0 Å². The van der Waals surface area contributed by atoms with Crippen molar-refractivity contribution in [1.82, 2.24) is 0 Å². The highest BCUT2D eigenvalue weighted by molar-refractivity contribution is 14.1. The third-order valence-corrected chi connectivity index (χ3v) is 5.03. The third kappa shape index (κ3) is 1.54. The highest BCUT2D eigenvalue weighted by Gasteiger charge is 2.53. The maximum absolute atomic E-state index is 6.27. The summed E-state index contributed by atoms with van der Waals surface area (Å²) in [6.07, 6.45) is 7.13. The predicted molar refractivity (Wildman–Crippen MR) is 63.4 cm³/mol. The molecule has 1 nitrogen and oxygen atoms in total. The first-order valence-electron chi connectivity index (χ1n) is 5.33. The summed E-state index contributed by atoms with van der Waals surface area (Å²) < 4.78 is 7.43. The lowest BCUT2D eigenvalue weighted by Gasteiger charge is -2.38. The van der Waals surface area contributed by atoms with Crippen molar-refractivity contribution in [3.63, 3.8) is 0 Å². The molecule has 2 unspecified atom stereocenters. The largest absolute Gasteiger partial charge is 0.370 e. The molecule has 1 aliphatic carbocycles. The molecule has 0 aromatic carbocycles. The minimum absolute atomic E-state index is 0.253. The van der Waals surface area contributed by atoms with Gasteiger partial charge in [-0.2, -0.15) is 0 Å². The van der Waals surface area contributed by atoms with E-state index in [4.69, 9.17) is 4.74 Å². The first-order chi connectivity index (χ1) is 6.10. The summed E-state index contributed by atoms with van der Waals surface area (Å²) in [7, 11) is 0. The zero-order valence-electron chi connectivity index (χ0n) is 8.61. The molecule has 0 N–H and O–H groups in total. The molecule has 1 aliphatic heterocycles. The van der Waals surface area contributed by atoms with Crippen molar-refractivity contribution in [2.45, 2.75) is 57.7 Å². The van der Waals surface area contributed by atoms with E-state index >= 15 is 0 Å². The lowest BCUT2D eigenvalue weighted by molar-refractivity contribution is -0.0895. The van der Waals surface area contributed by atoms with E-state index in [9.17, 15) is 0 Å². The highest BCUT2D eigenvalue weighted by atomic mass is 127. The lowest BCUT2D eigenvalue weighted by Crippen LogP contribution is -2.40. The van der Waals surface area contributed by atoms with Gasteiger partial charge in [0.15, 0.2) is 0 Å². The fourth-order valence-electron chi connectivity index (χ4n) is 3.00. The normalized spacial score (nSPS) is 43.2. The van der Waals surface area contributed by atoms with Crippen LogP contribution >= 0.6 is 22.6 Å². The molecule has 1 heterocycles. The van der Waals surface area contributed by atoms with Gasteiger partial charge in [0.2, 0.25) is 0 Å². The van der Waals surface area contributed by atoms with Crippen LogP contribution in [0, 0.1) is 5.41 Å². The van der Waals surface area contributed by atoms with E-state index in [0.29, 0.717) is 11.5 Å². The van der Waals surface area contributed by atoms with Crippen LogP contribution in [0.3, 0.4) is 0 Å². The van der Waals surface area contributed by atoms with E-state index in [0.717, 1.165) is 4.43 Å². The summed E-state index contributed by atoms with van der Waals surface area (Å²) in [5.41, 5.74) is 0.677. The summed E-state index contributed by atoms with van der Waals surface area (Å²) >= 11 is 2.45. The predicted octanol–water partition coefficient (Wildman–Crippen LogP) is 3.55. The first-order valence-corrected chi connectivity index (χ1v) is 6.86. The Kier molecular flexibility index (Phi) is 2.65. The van der Waals surface area contributed by atoms with Crippen LogP contribution in [0.1, 0.15) is 46.0 Å². The van der Waals surface area contributed by atoms with Crippen molar-refractivity contribution in [3.05, 3.63) is 0 Å². The second-order valence-corrected chi connectivity index (χ2v) is 6.05. The molecule has 76 valence electrons. The average molecular weight is 294 g/mol. The molecule has 13 heavy (non-hydrogen) atoms. The Morgan fingerprint density at radius 1 is 1.31 bits per heavy atom. The smallest absolute Gasteiger partial charge is 0.0738 e. The van der Waals surface area contributed by atoms with Gasteiger partial charge in [0.1, 0.15) is 0 Å². The Bertz CT molecular complexity index is 202. The summed E-state index contributed by atoms with van der Waals surface area (Å²) in [4.78, 5) is 0. The molecule has 0 bridgehead atoms. The quantitative estimate of drug-likeness (QED) is 0.531. The Balaban J connectivity index is 2.13. The van der Waals surface area contributed by atoms with Crippen LogP contribution in [-0.2, 0) is 4.74 Å². The zero-order valence-corrected chi connectivity index (χ0v) is 10.8. The number of hydrogen-bond acceptors (Lipinski definition) is 1. The molecule has 2 rings (SSSR count). The standard InChI is InChI=1S/C11H19IO/c1-10(2)5-3-6-11(10)7-4-9(8-12)13-11/h9H,3-8H2,1-2H3. The maximum atomic E-state index is 6.27. The van der Waals surface area contributed by atoms with Crippen LogP contribution in [0.4, 0.5) is 0 Å². The molecule has 0 amide bonds. The van der Waals surface area contributed by atoms with E-state index in [1.54, 1.807) is 0 Å². The van der Waals surface area contributed by atoms with Crippen molar-refractivity contribution in [1.29, 1.82) is 0 Å². The molecule has 1 saturated carbocycles. The van der Waals surface area contributed by atoms with Gasteiger partial charge in [0.05, 0.1) is 11.7 Å². The average Bonchev–Trinajstić information content (AvgIpc) is 2.60. The van der Waals surface area contributed by atoms with Gasteiger partial charge in [-0.05, 0) is 37.5 Å². The molecular formula is C11H19IO. The molecule has 1 spiro atoms. The van der Waals surface area contributed by atoms with Gasteiger partial charge in [-0.1, -0.05) is 36.4 Å². The van der Waals surface area contributed by atoms with E-state index in [-0.39, 0.29) is 5.60 Å². The molecule has 2 aliphatic rings.